The van der Waals surface area contributed by atoms with Crippen LogP contribution in [0, 0.1) is 11.1 Å². The molecule has 88 valence electrons. The zero-order valence-electron chi connectivity index (χ0n) is 9.19. The van der Waals surface area contributed by atoms with Crippen LogP contribution in [0.5, 0.6) is 5.75 Å². The van der Waals surface area contributed by atoms with Crippen molar-refractivity contribution in [1.29, 1.82) is 0 Å². The van der Waals surface area contributed by atoms with E-state index < -0.39 is 0 Å². The molecule has 1 aromatic rings. The molecule has 1 aliphatic rings. The Balaban J connectivity index is 1.88. The first-order valence-corrected chi connectivity index (χ1v) is 6.56. The SMILES string of the molecule is [O-][n+]1ccc(OCC2CCCCC2)c(Br)c1. The first-order chi connectivity index (χ1) is 7.75. The molecule has 0 amide bonds. The van der Waals surface area contributed by atoms with Crippen molar-refractivity contribution in [2.75, 3.05) is 6.61 Å². The van der Waals surface area contributed by atoms with Crippen LogP contribution in [0.4, 0.5) is 0 Å². The molecule has 0 radical (unpaired) electrons. The van der Waals surface area contributed by atoms with Crippen LogP contribution in [0.1, 0.15) is 32.1 Å². The van der Waals surface area contributed by atoms with Crippen molar-refractivity contribution < 1.29 is 9.47 Å². The molecule has 0 aromatic carbocycles. The smallest absolute Gasteiger partial charge is 0.198 e. The van der Waals surface area contributed by atoms with Crippen LogP contribution in [0.25, 0.3) is 0 Å². The maximum Gasteiger partial charge on any atom is 0.198 e. The summed E-state index contributed by atoms with van der Waals surface area (Å²) in [6.07, 6.45) is 9.48. The Morgan fingerprint density at radius 3 is 2.81 bits per heavy atom. The van der Waals surface area contributed by atoms with Gasteiger partial charge in [0.05, 0.1) is 6.61 Å². The molecule has 0 aliphatic heterocycles. The summed E-state index contributed by atoms with van der Waals surface area (Å²) in [5.74, 6) is 1.44. The maximum absolute atomic E-state index is 11.0. The number of halogens is 1. The molecule has 0 bridgehead atoms. The van der Waals surface area contributed by atoms with E-state index in [1.165, 1.54) is 44.5 Å². The third kappa shape index (κ3) is 3.11. The van der Waals surface area contributed by atoms with Crippen LogP contribution in [-0.2, 0) is 0 Å². The lowest BCUT2D eigenvalue weighted by Gasteiger charge is -2.21. The van der Waals surface area contributed by atoms with Crippen LogP contribution in [0.2, 0.25) is 0 Å². The average Bonchev–Trinajstić information content (AvgIpc) is 2.29. The number of aromatic nitrogens is 1. The number of pyridine rings is 1. The lowest BCUT2D eigenvalue weighted by molar-refractivity contribution is -0.606. The highest BCUT2D eigenvalue weighted by atomic mass is 79.9. The van der Waals surface area contributed by atoms with Gasteiger partial charge in [0, 0.05) is 6.07 Å². The van der Waals surface area contributed by atoms with E-state index in [-0.39, 0.29) is 0 Å². The van der Waals surface area contributed by atoms with E-state index in [9.17, 15) is 5.21 Å². The fourth-order valence-electron chi connectivity index (χ4n) is 2.12. The predicted molar refractivity (Wildman–Crippen MR) is 65.2 cm³/mol. The van der Waals surface area contributed by atoms with E-state index in [1.54, 1.807) is 6.07 Å². The Kier molecular flexibility index (Phi) is 4.04. The van der Waals surface area contributed by atoms with Crippen molar-refractivity contribution in [1.82, 2.24) is 0 Å². The van der Waals surface area contributed by atoms with Gasteiger partial charge in [0.15, 0.2) is 12.4 Å². The van der Waals surface area contributed by atoms with Gasteiger partial charge in [-0.2, -0.15) is 4.73 Å². The first-order valence-electron chi connectivity index (χ1n) is 5.77. The largest absolute Gasteiger partial charge is 0.619 e. The predicted octanol–water partition coefficient (Wildman–Crippen LogP) is 3.04. The van der Waals surface area contributed by atoms with E-state index in [2.05, 4.69) is 15.9 Å². The van der Waals surface area contributed by atoms with E-state index >= 15 is 0 Å². The summed E-state index contributed by atoms with van der Waals surface area (Å²) in [6, 6.07) is 1.71. The summed E-state index contributed by atoms with van der Waals surface area (Å²) >= 11 is 3.33. The molecule has 4 heteroatoms. The number of ether oxygens (including phenoxy) is 1. The van der Waals surface area contributed by atoms with E-state index in [1.807, 2.05) is 0 Å². The molecule has 16 heavy (non-hydrogen) atoms. The molecule has 3 nitrogen and oxygen atoms in total. The van der Waals surface area contributed by atoms with E-state index in [0.717, 1.165) is 21.6 Å². The van der Waals surface area contributed by atoms with Crippen molar-refractivity contribution >= 4 is 15.9 Å². The topological polar surface area (TPSA) is 36.2 Å². The van der Waals surface area contributed by atoms with Gasteiger partial charge < -0.3 is 9.94 Å². The van der Waals surface area contributed by atoms with Crippen molar-refractivity contribution in [2.45, 2.75) is 32.1 Å². The molecule has 2 rings (SSSR count). The lowest BCUT2D eigenvalue weighted by atomic mass is 9.90. The normalized spacial score (nSPS) is 17.3. The summed E-state index contributed by atoms with van der Waals surface area (Å²) in [5.41, 5.74) is 0. The quantitative estimate of drug-likeness (QED) is 0.632. The van der Waals surface area contributed by atoms with Crippen LogP contribution in [0.15, 0.2) is 22.9 Å². The third-order valence-electron chi connectivity index (χ3n) is 3.05. The zero-order chi connectivity index (χ0) is 11.4. The van der Waals surface area contributed by atoms with Gasteiger partial charge >= 0.3 is 0 Å². The molecule has 1 aliphatic carbocycles. The summed E-state index contributed by atoms with van der Waals surface area (Å²) in [7, 11) is 0. The molecule has 0 spiro atoms. The van der Waals surface area contributed by atoms with Crippen LogP contribution >= 0.6 is 15.9 Å². The van der Waals surface area contributed by atoms with Gasteiger partial charge in [0.2, 0.25) is 0 Å². The monoisotopic (exact) mass is 285 g/mol. The first kappa shape index (κ1) is 11.7. The standard InChI is InChI=1S/C12H16BrNO2/c13-11-8-14(15)7-6-12(11)16-9-10-4-2-1-3-5-10/h6-8,10H,1-5,9H2. The Labute approximate surface area is 104 Å². The second kappa shape index (κ2) is 5.53. The van der Waals surface area contributed by atoms with Crippen molar-refractivity contribution in [3.05, 3.63) is 28.1 Å². The Bertz CT molecular complexity index is 351. The molecule has 0 atom stereocenters. The molecular formula is C12H16BrNO2. The molecule has 0 saturated heterocycles. The van der Waals surface area contributed by atoms with Crippen molar-refractivity contribution in [3.8, 4) is 5.75 Å². The number of hydrogen-bond donors (Lipinski definition) is 0. The molecule has 1 heterocycles. The fourth-order valence-corrected chi connectivity index (χ4v) is 2.57. The molecule has 1 fully saturated rings. The highest BCUT2D eigenvalue weighted by molar-refractivity contribution is 9.10. The highest BCUT2D eigenvalue weighted by Crippen LogP contribution is 2.27. The zero-order valence-corrected chi connectivity index (χ0v) is 10.8. The lowest BCUT2D eigenvalue weighted by Crippen LogP contribution is -2.24. The number of nitrogens with zero attached hydrogens (tertiary/aromatic N) is 1. The van der Waals surface area contributed by atoms with E-state index in [0.29, 0.717) is 5.92 Å². The molecular weight excluding hydrogens is 270 g/mol. The van der Waals surface area contributed by atoms with Crippen molar-refractivity contribution in [2.24, 2.45) is 5.92 Å². The second-order valence-electron chi connectivity index (χ2n) is 4.33. The molecule has 1 aromatic heterocycles. The number of rotatable bonds is 3. The average molecular weight is 286 g/mol. The van der Waals surface area contributed by atoms with Gasteiger partial charge in [-0.3, -0.25) is 0 Å². The van der Waals surface area contributed by atoms with Gasteiger partial charge in [0.1, 0.15) is 10.2 Å². The van der Waals surface area contributed by atoms with Crippen LogP contribution in [0.3, 0.4) is 0 Å². The van der Waals surface area contributed by atoms with Crippen LogP contribution < -0.4 is 9.47 Å². The Morgan fingerprint density at radius 2 is 2.12 bits per heavy atom. The van der Waals surface area contributed by atoms with Gasteiger partial charge in [-0.15, -0.1) is 0 Å². The van der Waals surface area contributed by atoms with Gasteiger partial charge in [-0.1, -0.05) is 19.3 Å². The minimum Gasteiger partial charge on any atom is -0.619 e. The van der Waals surface area contributed by atoms with Gasteiger partial charge in [0.25, 0.3) is 0 Å². The molecule has 1 saturated carbocycles. The minimum atomic E-state index is 0.681. The summed E-state index contributed by atoms with van der Waals surface area (Å²) in [4.78, 5) is 0. The summed E-state index contributed by atoms with van der Waals surface area (Å²) < 4.78 is 7.22. The Hall–Kier alpha value is -0.770. The van der Waals surface area contributed by atoms with Crippen molar-refractivity contribution in [3.63, 3.8) is 0 Å². The van der Waals surface area contributed by atoms with E-state index in [4.69, 9.17) is 4.74 Å². The Morgan fingerprint density at radius 1 is 1.38 bits per heavy atom. The highest BCUT2D eigenvalue weighted by Gasteiger charge is 2.15. The van der Waals surface area contributed by atoms with Crippen LogP contribution in [-0.4, -0.2) is 6.61 Å². The van der Waals surface area contributed by atoms with Gasteiger partial charge in [-0.05, 0) is 34.7 Å². The molecule has 0 unspecified atom stereocenters. The third-order valence-corrected chi connectivity index (χ3v) is 3.64. The minimum absolute atomic E-state index is 0.681. The van der Waals surface area contributed by atoms with Gasteiger partial charge in [-0.25, -0.2) is 0 Å². The second-order valence-corrected chi connectivity index (χ2v) is 5.19. The molecule has 0 N–H and O–H groups in total. The maximum atomic E-state index is 11.0. The summed E-state index contributed by atoms with van der Waals surface area (Å²) in [6.45, 7) is 0.765. The fraction of sp³-hybridized carbons (Fsp3) is 0.583. The number of hydrogen-bond acceptors (Lipinski definition) is 2. The summed E-state index contributed by atoms with van der Waals surface area (Å²) in [5, 5.41) is 11.0.